The van der Waals surface area contributed by atoms with Gasteiger partial charge in [-0.15, -0.1) is 0 Å². The molecule has 0 heterocycles. The van der Waals surface area contributed by atoms with Crippen molar-refractivity contribution in [3.63, 3.8) is 0 Å². The van der Waals surface area contributed by atoms with E-state index >= 15 is 0 Å². The number of carbonyl (C=O) groups is 1. The van der Waals surface area contributed by atoms with Crippen molar-refractivity contribution in [2.24, 2.45) is 0 Å². The molecule has 0 amide bonds. The van der Waals surface area contributed by atoms with Crippen molar-refractivity contribution < 1.29 is 9.90 Å². The van der Waals surface area contributed by atoms with Crippen LogP contribution in [0.2, 0.25) is 0 Å². The van der Waals surface area contributed by atoms with Gasteiger partial charge in [-0.3, -0.25) is 4.79 Å². The molecule has 0 atom stereocenters. The fourth-order valence-corrected chi connectivity index (χ4v) is 4.47. The van der Waals surface area contributed by atoms with Gasteiger partial charge in [0.05, 0.1) is 0 Å². The Bertz CT molecular complexity index is 388. The van der Waals surface area contributed by atoms with Gasteiger partial charge in [-0.2, -0.15) is 0 Å². The van der Waals surface area contributed by atoms with Gasteiger partial charge in [0, 0.05) is 6.42 Å². The topological polar surface area (TPSA) is 37.3 Å². The SMILES string of the molecule is CCCCCCCCCCCCC=CCCCCCCCCCCCCCCCC(=O)O. The lowest BCUT2D eigenvalue weighted by atomic mass is 10.0. The van der Waals surface area contributed by atoms with E-state index in [1.165, 1.54) is 148 Å². The van der Waals surface area contributed by atoms with E-state index in [9.17, 15) is 4.79 Å². The lowest BCUT2D eigenvalue weighted by Gasteiger charge is -2.03. The predicted molar refractivity (Wildman–Crippen MR) is 142 cm³/mol. The second-order valence-electron chi connectivity index (χ2n) is 9.97. The molecule has 2 heteroatoms. The van der Waals surface area contributed by atoms with Crippen LogP contribution in [0.15, 0.2) is 12.2 Å². The summed E-state index contributed by atoms with van der Waals surface area (Å²) in [5.41, 5.74) is 0. The lowest BCUT2D eigenvalue weighted by Crippen LogP contribution is -1.93. The zero-order chi connectivity index (χ0) is 23.4. The van der Waals surface area contributed by atoms with Crippen LogP contribution in [0.25, 0.3) is 0 Å². The van der Waals surface area contributed by atoms with E-state index in [-0.39, 0.29) is 0 Å². The maximum absolute atomic E-state index is 10.4. The molecule has 0 aromatic carbocycles. The van der Waals surface area contributed by atoms with Crippen LogP contribution in [-0.2, 0) is 4.79 Å². The van der Waals surface area contributed by atoms with Gasteiger partial charge >= 0.3 is 5.97 Å². The molecule has 0 aromatic rings. The highest BCUT2D eigenvalue weighted by molar-refractivity contribution is 5.66. The number of aliphatic carboxylic acids is 1. The Morgan fingerprint density at radius 2 is 0.750 bits per heavy atom. The summed E-state index contributed by atoms with van der Waals surface area (Å²) >= 11 is 0. The summed E-state index contributed by atoms with van der Waals surface area (Å²) in [4.78, 5) is 10.4. The number of allylic oxidation sites excluding steroid dienone is 2. The molecule has 1 N–H and O–H groups in total. The number of hydrogen-bond acceptors (Lipinski definition) is 1. The van der Waals surface area contributed by atoms with Gasteiger partial charge in [0.2, 0.25) is 0 Å². The third-order valence-corrected chi connectivity index (χ3v) is 6.65. The number of hydrogen-bond donors (Lipinski definition) is 1. The molecule has 0 spiro atoms. The molecule has 0 aliphatic carbocycles. The summed E-state index contributed by atoms with van der Waals surface area (Å²) < 4.78 is 0. The van der Waals surface area contributed by atoms with E-state index in [1.54, 1.807) is 0 Å². The number of rotatable bonds is 27. The lowest BCUT2D eigenvalue weighted by molar-refractivity contribution is -0.137. The quantitative estimate of drug-likeness (QED) is 0.0997. The molecular weight excluding hydrogens is 392 g/mol. The third-order valence-electron chi connectivity index (χ3n) is 6.65. The van der Waals surface area contributed by atoms with Crippen LogP contribution in [0.3, 0.4) is 0 Å². The highest BCUT2D eigenvalue weighted by atomic mass is 16.4. The van der Waals surface area contributed by atoms with Crippen LogP contribution in [-0.4, -0.2) is 11.1 Å². The molecule has 0 bridgehead atoms. The van der Waals surface area contributed by atoms with E-state index in [1.807, 2.05) is 0 Å². The minimum Gasteiger partial charge on any atom is -0.481 e. The van der Waals surface area contributed by atoms with Gasteiger partial charge in [0.15, 0.2) is 0 Å². The molecule has 0 aliphatic heterocycles. The second-order valence-corrected chi connectivity index (χ2v) is 9.97. The first-order valence-corrected chi connectivity index (χ1v) is 14.6. The molecule has 0 saturated heterocycles. The van der Waals surface area contributed by atoms with Gasteiger partial charge in [-0.05, 0) is 32.1 Å². The average molecular weight is 451 g/mol. The standard InChI is InChI=1S/C30H58O2/c1-2-3-4-5-6-7-8-9-10-11-12-13-14-15-16-17-18-19-20-21-22-23-24-25-26-27-28-29-30(31)32/h13-14H,2-12,15-29H2,1H3,(H,31,32). The summed E-state index contributed by atoms with van der Waals surface area (Å²) in [7, 11) is 0. The van der Waals surface area contributed by atoms with Crippen molar-refractivity contribution in [2.75, 3.05) is 0 Å². The van der Waals surface area contributed by atoms with Crippen molar-refractivity contribution >= 4 is 5.97 Å². The smallest absolute Gasteiger partial charge is 0.303 e. The molecule has 0 rings (SSSR count). The molecule has 0 aliphatic rings. The molecule has 0 fully saturated rings. The van der Waals surface area contributed by atoms with Crippen molar-refractivity contribution in [1.82, 2.24) is 0 Å². The normalized spacial score (nSPS) is 11.5. The fraction of sp³-hybridized carbons (Fsp3) is 0.900. The summed E-state index contributed by atoms with van der Waals surface area (Å²) in [5.74, 6) is -0.652. The number of carboxylic acid groups (broad SMARTS) is 1. The minimum atomic E-state index is -0.652. The Hall–Kier alpha value is -0.790. The Labute approximate surface area is 202 Å². The van der Waals surface area contributed by atoms with Gasteiger partial charge in [0.1, 0.15) is 0 Å². The molecule has 190 valence electrons. The zero-order valence-corrected chi connectivity index (χ0v) is 21.9. The maximum Gasteiger partial charge on any atom is 0.303 e. The Morgan fingerprint density at radius 1 is 0.469 bits per heavy atom. The van der Waals surface area contributed by atoms with Crippen LogP contribution in [0.1, 0.15) is 174 Å². The van der Waals surface area contributed by atoms with Crippen LogP contribution in [0, 0.1) is 0 Å². The number of carboxylic acids is 1. The fourth-order valence-electron chi connectivity index (χ4n) is 4.47. The van der Waals surface area contributed by atoms with E-state index < -0.39 is 5.97 Å². The zero-order valence-electron chi connectivity index (χ0n) is 21.9. The van der Waals surface area contributed by atoms with Gasteiger partial charge in [-0.25, -0.2) is 0 Å². The van der Waals surface area contributed by atoms with Crippen LogP contribution in [0.4, 0.5) is 0 Å². The van der Waals surface area contributed by atoms with Gasteiger partial charge in [0.25, 0.3) is 0 Å². The van der Waals surface area contributed by atoms with E-state index in [0.29, 0.717) is 6.42 Å². The predicted octanol–water partition coefficient (Wildman–Crippen LogP) is 10.8. The molecule has 0 radical (unpaired) electrons. The van der Waals surface area contributed by atoms with Crippen molar-refractivity contribution in [3.05, 3.63) is 12.2 Å². The molecule has 0 aromatic heterocycles. The van der Waals surface area contributed by atoms with Gasteiger partial charge < -0.3 is 5.11 Å². The monoisotopic (exact) mass is 450 g/mol. The van der Waals surface area contributed by atoms with Crippen molar-refractivity contribution in [2.45, 2.75) is 174 Å². The molecule has 0 saturated carbocycles. The second kappa shape index (κ2) is 28.2. The molecule has 0 unspecified atom stereocenters. The first kappa shape index (κ1) is 31.2. The highest BCUT2D eigenvalue weighted by Gasteiger charge is 1.97. The van der Waals surface area contributed by atoms with Crippen LogP contribution < -0.4 is 0 Å². The molecular formula is C30H58O2. The van der Waals surface area contributed by atoms with E-state index in [0.717, 1.165) is 12.8 Å². The largest absolute Gasteiger partial charge is 0.481 e. The first-order chi connectivity index (χ1) is 15.8. The Balaban J connectivity index is 3.08. The Morgan fingerprint density at radius 3 is 1.06 bits per heavy atom. The van der Waals surface area contributed by atoms with Crippen molar-refractivity contribution in [1.29, 1.82) is 0 Å². The van der Waals surface area contributed by atoms with Crippen LogP contribution in [0.5, 0.6) is 0 Å². The minimum absolute atomic E-state index is 0.343. The molecule has 2 nitrogen and oxygen atoms in total. The van der Waals surface area contributed by atoms with Gasteiger partial charge in [-0.1, -0.05) is 147 Å². The van der Waals surface area contributed by atoms with E-state index in [2.05, 4.69) is 19.1 Å². The number of unbranched alkanes of at least 4 members (excludes halogenated alkanes) is 23. The molecule has 32 heavy (non-hydrogen) atoms. The summed E-state index contributed by atoms with van der Waals surface area (Å²) in [6.45, 7) is 2.29. The third kappa shape index (κ3) is 29.2. The summed E-state index contributed by atoms with van der Waals surface area (Å²) in [6.07, 6.45) is 39.0. The summed E-state index contributed by atoms with van der Waals surface area (Å²) in [6, 6.07) is 0. The Kier molecular flexibility index (Phi) is 27.5. The van der Waals surface area contributed by atoms with E-state index in [4.69, 9.17) is 5.11 Å². The highest BCUT2D eigenvalue weighted by Crippen LogP contribution is 2.14. The summed E-state index contributed by atoms with van der Waals surface area (Å²) in [5, 5.41) is 8.60. The average Bonchev–Trinajstić information content (AvgIpc) is 2.78. The maximum atomic E-state index is 10.4. The van der Waals surface area contributed by atoms with Crippen molar-refractivity contribution in [3.8, 4) is 0 Å². The van der Waals surface area contributed by atoms with Crippen LogP contribution >= 0.6 is 0 Å². The first-order valence-electron chi connectivity index (χ1n) is 14.6.